The summed E-state index contributed by atoms with van der Waals surface area (Å²) in [6.07, 6.45) is 5.84. The van der Waals surface area contributed by atoms with Crippen LogP contribution in [-0.4, -0.2) is 34.7 Å². The highest BCUT2D eigenvalue weighted by Gasteiger charge is 2.41. The molecule has 2 aliphatic heterocycles. The molecule has 1 spiro atoms. The summed E-state index contributed by atoms with van der Waals surface area (Å²) < 4.78 is 11.3. The highest BCUT2D eigenvalue weighted by atomic mass is 16.5. The van der Waals surface area contributed by atoms with E-state index >= 15 is 0 Å². The normalized spacial score (nSPS) is 23.1. The molecule has 106 valence electrons. The molecule has 0 saturated carbocycles. The Balaban J connectivity index is 1.75. The predicted molar refractivity (Wildman–Crippen MR) is 77.0 cm³/mol. The van der Waals surface area contributed by atoms with E-state index < -0.39 is 0 Å². The van der Waals surface area contributed by atoms with Crippen LogP contribution in [0.4, 0.5) is 0 Å². The zero-order valence-corrected chi connectivity index (χ0v) is 11.3. The molecule has 3 heterocycles. The Hall–Kier alpha value is -2.63. The van der Waals surface area contributed by atoms with E-state index in [1.54, 1.807) is 12.4 Å². The van der Waals surface area contributed by atoms with Gasteiger partial charge in [-0.1, -0.05) is 18.2 Å². The number of para-hydroxylation sites is 1. The fourth-order valence-corrected chi connectivity index (χ4v) is 2.84. The molecule has 6 heteroatoms. The second-order valence-corrected chi connectivity index (χ2v) is 5.35. The Labute approximate surface area is 121 Å². The van der Waals surface area contributed by atoms with Crippen LogP contribution in [0.15, 0.2) is 41.9 Å². The monoisotopic (exact) mass is 282 g/mol. The molecule has 0 bridgehead atoms. The van der Waals surface area contributed by atoms with Crippen molar-refractivity contribution < 1.29 is 9.47 Å². The molecule has 1 atom stereocenters. The van der Waals surface area contributed by atoms with Crippen molar-refractivity contribution in [1.82, 2.24) is 9.97 Å². The van der Waals surface area contributed by atoms with Crippen molar-refractivity contribution in [3.63, 3.8) is 0 Å². The van der Waals surface area contributed by atoms with E-state index in [1.165, 1.54) is 6.33 Å². The average molecular weight is 282 g/mol. The molecule has 0 radical (unpaired) electrons. The lowest BCUT2D eigenvalue weighted by molar-refractivity contribution is 0.153. The molecule has 0 unspecified atom stereocenters. The van der Waals surface area contributed by atoms with Gasteiger partial charge in [0.15, 0.2) is 0 Å². The van der Waals surface area contributed by atoms with E-state index in [1.807, 2.05) is 18.2 Å². The summed E-state index contributed by atoms with van der Waals surface area (Å²) in [5.74, 6) is 0.874. The molecule has 0 fully saturated rings. The van der Waals surface area contributed by atoms with Crippen LogP contribution in [-0.2, 0) is 11.2 Å². The lowest BCUT2D eigenvalue weighted by Crippen LogP contribution is -2.41. The van der Waals surface area contributed by atoms with Gasteiger partial charge in [0.25, 0.3) is 6.02 Å². The smallest absolute Gasteiger partial charge is 0.282 e. The van der Waals surface area contributed by atoms with Gasteiger partial charge >= 0.3 is 0 Å². The van der Waals surface area contributed by atoms with Gasteiger partial charge in [-0.2, -0.15) is 0 Å². The first-order valence-corrected chi connectivity index (χ1v) is 6.74. The topological polar surface area (TPSA) is 82.6 Å². The van der Waals surface area contributed by atoms with Gasteiger partial charge in [-0.05, 0) is 5.56 Å². The van der Waals surface area contributed by atoms with E-state index in [4.69, 9.17) is 15.2 Å². The molecule has 0 aliphatic carbocycles. The third-order valence-corrected chi connectivity index (χ3v) is 3.81. The maximum atomic E-state index is 6.00. The minimum absolute atomic E-state index is 0.245. The fraction of sp³-hybridized carbons (Fsp3) is 0.267. The minimum atomic E-state index is -0.386. The number of ether oxygens (including phenoxy) is 2. The number of nitrogens with two attached hydrogens (primary N) is 1. The van der Waals surface area contributed by atoms with Crippen LogP contribution in [0.1, 0.15) is 5.56 Å². The van der Waals surface area contributed by atoms with Crippen molar-refractivity contribution in [3.8, 4) is 16.9 Å². The second-order valence-electron chi connectivity index (χ2n) is 5.35. The van der Waals surface area contributed by atoms with E-state index in [2.05, 4.69) is 15.0 Å². The van der Waals surface area contributed by atoms with E-state index in [0.29, 0.717) is 13.2 Å². The molecule has 2 N–H and O–H groups in total. The third-order valence-electron chi connectivity index (χ3n) is 3.81. The molecule has 2 aromatic rings. The summed E-state index contributed by atoms with van der Waals surface area (Å²) in [5, 5.41) is 0. The summed E-state index contributed by atoms with van der Waals surface area (Å²) >= 11 is 0. The SMILES string of the molecule is NC1=N[C@@]2(CO1)COc1c(cccc1-c1cncnc1)C2. The number of hydrogen-bond acceptors (Lipinski definition) is 6. The van der Waals surface area contributed by atoms with Crippen molar-refractivity contribution in [2.75, 3.05) is 13.2 Å². The van der Waals surface area contributed by atoms with Gasteiger partial charge in [-0.3, -0.25) is 0 Å². The Bertz CT molecular complexity index is 717. The standard InChI is InChI=1S/C15H14N4O2/c16-14-19-15(8-21-14)4-10-2-1-3-12(13(10)20-7-15)11-5-17-9-18-6-11/h1-3,5-6,9H,4,7-8H2,(H2,16,19)/t15-/m1/s1. The van der Waals surface area contributed by atoms with Gasteiger partial charge in [-0.15, -0.1) is 0 Å². The predicted octanol–water partition coefficient (Wildman–Crippen LogP) is 1.16. The molecular weight excluding hydrogens is 268 g/mol. The Morgan fingerprint density at radius 2 is 1.90 bits per heavy atom. The number of aromatic nitrogens is 2. The molecule has 1 aromatic heterocycles. The third kappa shape index (κ3) is 1.99. The number of benzene rings is 1. The second kappa shape index (κ2) is 4.44. The van der Waals surface area contributed by atoms with Crippen molar-refractivity contribution in [3.05, 3.63) is 42.5 Å². The van der Waals surface area contributed by atoms with Crippen LogP contribution >= 0.6 is 0 Å². The van der Waals surface area contributed by atoms with Gasteiger partial charge in [0.1, 0.15) is 30.8 Å². The molecule has 21 heavy (non-hydrogen) atoms. The van der Waals surface area contributed by atoms with Crippen LogP contribution in [0.5, 0.6) is 5.75 Å². The Morgan fingerprint density at radius 3 is 2.67 bits per heavy atom. The Kier molecular flexibility index (Phi) is 2.57. The van der Waals surface area contributed by atoms with Crippen molar-refractivity contribution in [2.24, 2.45) is 10.7 Å². The first-order valence-electron chi connectivity index (χ1n) is 6.74. The lowest BCUT2D eigenvalue weighted by Gasteiger charge is -2.31. The van der Waals surface area contributed by atoms with E-state index in [9.17, 15) is 0 Å². The minimum Gasteiger partial charge on any atom is -0.490 e. The number of fused-ring (bicyclic) bond motifs is 1. The van der Waals surface area contributed by atoms with Gasteiger partial charge in [0.05, 0.1) is 0 Å². The zero-order chi connectivity index (χ0) is 14.3. The summed E-state index contributed by atoms with van der Waals surface area (Å²) in [6.45, 7) is 0.933. The quantitative estimate of drug-likeness (QED) is 0.848. The average Bonchev–Trinajstić information content (AvgIpc) is 2.88. The zero-order valence-electron chi connectivity index (χ0n) is 11.3. The van der Waals surface area contributed by atoms with Gasteiger partial charge < -0.3 is 15.2 Å². The van der Waals surface area contributed by atoms with Crippen LogP contribution in [0.3, 0.4) is 0 Å². The number of amidine groups is 1. The number of rotatable bonds is 1. The van der Waals surface area contributed by atoms with Crippen molar-refractivity contribution in [1.29, 1.82) is 0 Å². The van der Waals surface area contributed by atoms with Crippen molar-refractivity contribution in [2.45, 2.75) is 12.0 Å². The largest absolute Gasteiger partial charge is 0.490 e. The summed E-state index contributed by atoms with van der Waals surface area (Å²) in [6, 6.07) is 6.31. The van der Waals surface area contributed by atoms with Crippen LogP contribution < -0.4 is 10.5 Å². The van der Waals surface area contributed by atoms with Crippen molar-refractivity contribution >= 4 is 6.02 Å². The molecule has 0 amide bonds. The maximum absolute atomic E-state index is 6.00. The summed E-state index contributed by atoms with van der Waals surface area (Å²) in [7, 11) is 0. The van der Waals surface area contributed by atoms with Gasteiger partial charge in [-0.25, -0.2) is 15.0 Å². The fourth-order valence-electron chi connectivity index (χ4n) is 2.84. The summed E-state index contributed by atoms with van der Waals surface area (Å²) in [5.41, 5.74) is 8.29. The van der Waals surface area contributed by atoms with Gasteiger partial charge in [0.2, 0.25) is 0 Å². The molecule has 1 aromatic carbocycles. The van der Waals surface area contributed by atoms with Crippen LogP contribution in [0.2, 0.25) is 0 Å². The molecular formula is C15H14N4O2. The Morgan fingerprint density at radius 1 is 1.10 bits per heavy atom. The maximum Gasteiger partial charge on any atom is 0.282 e. The van der Waals surface area contributed by atoms with Crippen LogP contribution in [0.25, 0.3) is 11.1 Å². The molecule has 6 nitrogen and oxygen atoms in total. The summed E-state index contributed by atoms with van der Waals surface area (Å²) in [4.78, 5) is 12.5. The number of hydrogen-bond donors (Lipinski definition) is 1. The molecule has 2 aliphatic rings. The molecule has 0 saturated heterocycles. The highest BCUT2D eigenvalue weighted by Crippen LogP contribution is 2.40. The first-order chi connectivity index (χ1) is 10.3. The molecule has 4 rings (SSSR count). The van der Waals surface area contributed by atoms with E-state index in [0.717, 1.165) is 28.9 Å². The van der Waals surface area contributed by atoms with Gasteiger partial charge in [0, 0.05) is 29.9 Å². The highest BCUT2D eigenvalue weighted by molar-refractivity contribution is 5.75. The van der Waals surface area contributed by atoms with Crippen LogP contribution in [0, 0.1) is 0 Å². The first kappa shape index (κ1) is 12.1. The number of nitrogens with zero attached hydrogens (tertiary/aromatic N) is 3. The lowest BCUT2D eigenvalue weighted by atomic mass is 9.88. The van der Waals surface area contributed by atoms with E-state index in [-0.39, 0.29) is 11.6 Å². The number of aliphatic imine (C=N–C) groups is 1.